The van der Waals surface area contributed by atoms with Gasteiger partial charge in [0.05, 0.1) is 18.6 Å². The van der Waals surface area contributed by atoms with E-state index in [2.05, 4.69) is 15.5 Å². The van der Waals surface area contributed by atoms with Gasteiger partial charge in [-0.2, -0.15) is 4.68 Å². The van der Waals surface area contributed by atoms with Crippen LogP contribution >= 0.6 is 11.8 Å². The molecule has 0 unspecified atom stereocenters. The molecule has 0 radical (unpaired) electrons. The lowest BCUT2D eigenvalue weighted by Crippen LogP contribution is -2.05. The third kappa shape index (κ3) is 3.46. The van der Waals surface area contributed by atoms with Crippen molar-refractivity contribution in [3.63, 3.8) is 0 Å². The first kappa shape index (κ1) is 16.2. The molecule has 3 rings (SSSR count). The number of methoxy groups -OCH3 is 1. The van der Waals surface area contributed by atoms with Crippen molar-refractivity contribution in [2.24, 2.45) is 0 Å². The molecule has 0 aliphatic carbocycles. The maximum atomic E-state index is 12.3. The number of aromatic nitrogens is 4. The number of carbonyl (C=O) groups excluding carboxylic acids is 1. The first-order chi connectivity index (χ1) is 11.7. The molecule has 1 aromatic heterocycles. The van der Waals surface area contributed by atoms with Crippen molar-refractivity contribution in [3.05, 3.63) is 59.7 Å². The summed E-state index contributed by atoms with van der Waals surface area (Å²) >= 11 is 1.32. The molecule has 122 valence electrons. The van der Waals surface area contributed by atoms with E-state index in [4.69, 9.17) is 4.74 Å². The molecule has 24 heavy (non-hydrogen) atoms. The highest BCUT2D eigenvalue weighted by Gasteiger charge is 2.13. The van der Waals surface area contributed by atoms with E-state index in [9.17, 15) is 4.79 Å². The van der Waals surface area contributed by atoms with Crippen LogP contribution in [0.2, 0.25) is 0 Å². The Bertz CT molecular complexity index is 846. The van der Waals surface area contributed by atoms with Gasteiger partial charge in [-0.05, 0) is 53.2 Å². The van der Waals surface area contributed by atoms with Gasteiger partial charge in [-0.3, -0.25) is 4.79 Å². The van der Waals surface area contributed by atoms with Gasteiger partial charge in [0, 0.05) is 5.56 Å². The van der Waals surface area contributed by atoms with Crippen molar-refractivity contribution >= 4 is 17.5 Å². The molecule has 0 N–H and O–H groups in total. The minimum absolute atomic E-state index is 0.0157. The van der Waals surface area contributed by atoms with Gasteiger partial charge in [0.25, 0.3) is 0 Å². The molecule has 3 aromatic rings. The van der Waals surface area contributed by atoms with Gasteiger partial charge < -0.3 is 4.74 Å². The Kier molecular flexibility index (Phi) is 4.90. The molecule has 1 heterocycles. The predicted molar refractivity (Wildman–Crippen MR) is 91.9 cm³/mol. The highest BCUT2D eigenvalue weighted by Crippen LogP contribution is 2.21. The molecule has 0 aliphatic rings. The van der Waals surface area contributed by atoms with Crippen LogP contribution in [0.1, 0.15) is 15.9 Å². The molecule has 0 bridgehead atoms. The Hall–Kier alpha value is -2.67. The van der Waals surface area contributed by atoms with Gasteiger partial charge in [-0.25, -0.2) is 0 Å². The largest absolute Gasteiger partial charge is 0.497 e. The maximum Gasteiger partial charge on any atom is 0.214 e. The number of tetrazole rings is 1. The number of nitrogens with zero attached hydrogens (tertiary/aromatic N) is 4. The van der Waals surface area contributed by atoms with Crippen LogP contribution in [-0.2, 0) is 0 Å². The number of thioether (sulfide) groups is 1. The molecule has 0 atom stereocenters. The average Bonchev–Trinajstić information content (AvgIpc) is 3.08. The van der Waals surface area contributed by atoms with Gasteiger partial charge in [-0.1, -0.05) is 30.0 Å². The van der Waals surface area contributed by atoms with Gasteiger partial charge in [-0.15, -0.1) is 5.10 Å². The van der Waals surface area contributed by atoms with Crippen LogP contribution in [0.15, 0.2) is 53.7 Å². The minimum Gasteiger partial charge on any atom is -0.497 e. The Balaban J connectivity index is 1.72. The third-order valence-electron chi connectivity index (χ3n) is 3.53. The van der Waals surface area contributed by atoms with Gasteiger partial charge in [0.2, 0.25) is 5.16 Å². The van der Waals surface area contributed by atoms with E-state index in [0.29, 0.717) is 10.7 Å². The summed E-state index contributed by atoms with van der Waals surface area (Å²) in [7, 11) is 1.60. The van der Waals surface area contributed by atoms with Crippen LogP contribution in [0.4, 0.5) is 0 Å². The summed E-state index contributed by atoms with van der Waals surface area (Å²) in [4.78, 5) is 12.3. The summed E-state index contributed by atoms with van der Waals surface area (Å²) in [6.07, 6.45) is 0. The number of para-hydroxylation sites is 1. The van der Waals surface area contributed by atoms with E-state index in [1.807, 2.05) is 31.2 Å². The van der Waals surface area contributed by atoms with Crippen LogP contribution in [0.25, 0.3) is 5.69 Å². The Morgan fingerprint density at radius 3 is 2.62 bits per heavy atom. The second-order valence-corrected chi connectivity index (χ2v) is 6.04. The van der Waals surface area contributed by atoms with E-state index < -0.39 is 0 Å². The van der Waals surface area contributed by atoms with E-state index in [0.717, 1.165) is 17.0 Å². The predicted octanol–water partition coefficient (Wildman–Crippen LogP) is 2.95. The summed E-state index contributed by atoms with van der Waals surface area (Å²) in [5.41, 5.74) is 2.60. The summed E-state index contributed by atoms with van der Waals surface area (Å²) < 4.78 is 6.75. The smallest absolute Gasteiger partial charge is 0.214 e. The number of aryl methyl sites for hydroxylation is 1. The van der Waals surface area contributed by atoms with Crippen molar-refractivity contribution in [2.75, 3.05) is 12.9 Å². The zero-order chi connectivity index (χ0) is 16.9. The normalized spacial score (nSPS) is 10.6. The molecule has 7 heteroatoms. The number of Topliss-reactive ketones (excluding diaryl/α,β-unsaturated/α-hetero) is 1. The van der Waals surface area contributed by atoms with Crippen molar-refractivity contribution < 1.29 is 9.53 Å². The third-order valence-corrected chi connectivity index (χ3v) is 4.45. The zero-order valence-electron chi connectivity index (χ0n) is 13.3. The molecule has 2 aromatic carbocycles. The number of benzene rings is 2. The van der Waals surface area contributed by atoms with Crippen LogP contribution in [0, 0.1) is 6.92 Å². The fourth-order valence-electron chi connectivity index (χ4n) is 2.21. The number of rotatable bonds is 6. The lowest BCUT2D eigenvalue weighted by atomic mass is 10.1. The van der Waals surface area contributed by atoms with E-state index in [-0.39, 0.29) is 11.5 Å². The van der Waals surface area contributed by atoms with E-state index >= 15 is 0 Å². The molecule has 0 amide bonds. The zero-order valence-corrected chi connectivity index (χ0v) is 14.2. The monoisotopic (exact) mass is 340 g/mol. The molecule has 0 spiro atoms. The topological polar surface area (TPSA) is 69.9 Å². The summed E-state index contributed by atoms with van der Waals surface area (Å²) in [5, 5.41) is 12.4. The summed E-state index contributed by atoms with van der Waals surface area (Å²) in [5.74, 6) is 1.00. The highest BCUT2D eigenvalue weighted by atomic mass is 32.2. The average molecular weight is 340 g/mol. The van der Waals surface area contributed by atoms with Gasteiger partial charge in [0.1, 0.15) is 5.75 Å². The Labute approximate surface area is 143 Å². The standard InChI is InChI=1S/C17H16N4O2S/c1-12-5-3-4-6-15(12)21-17(18-19-20-21)24-11-16(22)13-7-9-14(23-2)10-8-13/h3-10H,11H2,1-2H3. The van der Waals surface area contributed by atoms with Crippen LogP contribution in [0.3, 0.4) is 0 Å². The molecular formula is C17H16N4O2S. The molecule has 0 fully saturated rings. The number of hydrogen-bond donors (Lipinski definition) is 0. The second kappa shape index (κ2) is 7.27. The molecular weight excluding hydrogens is 324 g/mol. The maximum absolute atomic E-state index is 12.3. The van der Waals surface area contributed by atoms with Crippen molar-refractivity contribution in [1.29, 1.82) is 0 Å². The van der Waals surface area contributed by atoms with E-state index in [1.54, 1.807) is 36.1 Å². The van der Waals surface area contributed by atoms with Crippen molar-refractivity contribution in [3.8, 4) is 11.4 Å². The van der Waals surface area contributed by atoms with E-state index in [1.165, 1.54) is 11.8 Å². The quantitative estimate of drug-likeness (QED) is 0.507. The molecule has 0 aliphatic heterocycles. The fraction of sp³-hybridized carbons (Fsp3) is 0.176. The van der Waals surface area contributed by atoms with Gasteiger partial charge >= 0.3 is 0 Å². The highest BCUT2D eigenvalue weighted by molar-refractivity contribution is 7.99. The number of ether oxygens (including phenoxy) is 1. The Morgan fingerprint density at radius 1 is 1.17 bits per heavy atom. The van der Waals surface area contributed by atoms with Crippen molar-refractivity contribution in [1.82, 2.24) is 20.2 Å². The fourth-order valence-corrected chi connectivity index (χ4v) is 2.99. The van der Waals surface area contributed by atoms with Crippen molar-refractivity contribution in [2.45, 2.75) is 12.1 Å². The molecule has 0 saturated carbocycles. The second-order valence-electron chi connectivity index (χ2n) is 5.10. The lowest BCUT2D eigenvalue weighted by Gasteiger charge is -2.07. The molecule has 6 nitrogen and oxygen atoms in total. The van der Waals surface area contributed by atoms with Crippen LogP contribution in [-0.4, -0.2) is 38.9 Å². The SMILES string of the molecule is COc1ccc(C(=O)CSc2nnnn2-c2ccccc2C)cc1. The number of ketones is 1. The number of carbonyl (C=O) groups is 1. The lowest BCUT2D eigenvalue weighted by molar-refractivity contribution is 0.102. The summed E-state index contributed by atoms with van der Waals surface area (Å²) in [6, 6.07) is 14.9. The number of hydrogen-bond acceptors (Lipinski definition) is 6. The molecule has 0 saturated heterocycles. The minimum atomic E-state index is 0.0157. The summed E-state index contributed by atoms with van der Waals surface area (Å²) in [6.45, 7) is 1.99. The Morgan fingerprint density at radius 2 is 1.92 bits per heavy atom. The van der Waals surface area contributed by atoms with Crippen LogP contribution in [0.5, 0.6) is 5.75 Å². The van der Waals surface area contributed by atoms with Crippen LogP contribution < -0.4 is 4.74 Å². The first-order valence-electron chi connectivity index (χ1n) is 7.33. The first-order valence-corrected chi connectivity index (χ1v) is 8.32. The van der Waals surface area contributed by atoms with Gasteiger partial charge in [0.15, 0.2) is 5.78 Å².